The van der Waals surface area contributed by atoms with E-state index in [1.165, 1.54) is 18.2 Å². The van der Waals surface area contributed by atoms with E-state index in [-0.39, 0.29) is 24.4 Å². The number of amides is 2. The Labute approximate surface area is 126 Å². The van der Waals surface area contributed by atoms with Gasteiger partial charge >= 0.3 is 0 Å². The molecule has 0 atom stereocenters. The molecule has 1 aromatic rings. The van der Waals surface area contributed by atoms with Crippen molar-refractivity contribution >= 4 is 27.7 Å². The van der Waals surface area contributed by atoms with E-state index in [1.807, 2.05) is 13.8 Å². The van der Waals surface area contributed by atoms with Gasteiger partial charge in [-0.05, 0) is 24.1 Å². The second-order valence-corrected chi connectivity index (χ2v) is 5.74. The summed E-state index contributed by atoms with van der Waals surface area (Å²) in [5.41, 5.74) is -0.0398. The molecule has 0 unspecified atom stereocenters. The van der Waals surface area contributed by atoms with Gasteiger partial charge in [0.05, 0.1) is 5.56 Å². The number of hydrogen-bond acceptors (Lipinski definition) is 2. The molecule has 0 bridgehead atoms. The van der Waals surface area contributed by atoms with Gasteiger partial charge in [0.2, 0.25) is 5.91 Å². The Morgan fingerprint density at radius 2 is 2.00 bits per heavy atom. The predicted octanol–water partition coefficient (Wildman–Crippen LogP) is 2.48. The zero-order valence-electron chi connectivity index (χ0n) is 11.5. The van der Waals surface area contributed by atoms with Crippen LogP contribution in [0.15, 0.2) is 22.7 Å². The van der Waals surface area contributed by atoms with Gasteiger partial charge in [0, 0.05) is 24.0 Å². The third kappa shape index (κ3) is 5.69. The maximum absolute atomic E-state index is 13.5. The van der Waals surface area contributed by atoms with Crippen LogP contribution in [-0.4, -0.2) is 24.9 Å². The first-order chi connectivity index (χ1) is 9.40. The molecule has 0 aliphatic heterocycles. The van der Waals surface area contributed by atoms with Crippen molar-refractivity contribution in [3.8, 4) is 0 Å². The van der Waals surface area contributed by atoms with Crippen LogP contribution in [0.3, 0.4) is 0 Å². The summed E-state index contributed by atoms with van der Waals surface area (Å²) >= 11 is 3.18. The lowest BCUT2D eigenvalue weighted by Crippen LogP contribution is -2.32. The van der Waals surface area contributed by atoms with E-state index in [4.69, 9.17) is 0 Å². The average Bonchev–Trinajstić information content (AvgIpc) is 2.39. The highest BCUT2D eigenvalue weighted by molar-refractivity contribution is 9.10. The van der Waals surface area contributed by atoms with E-state index in [0.717, 1.165) is 0 Å². The van der Waals surface area contributed by atoms with Crippen LogP contribution in [0, 0.1) is 11.7 Å². The van der Waals surface area contributed by atoms with Crippen molar-refractivity contribution in [1.82, 2.24) is 10.6 Å². The number of benzene rings is 1. The molecule has 0 aliphatic carbocycles. The topological polar surface area (TPSA) is 58.2 Å². The predicted molar refractivity (Wildman–Crippen MR) is 78.9 cm³/mol. The summed E-state index contributed by atoms with van der Waals surface area (Å²) in [4.78, 5) is 23.2. The highest BCUT2D eigenvalue weighted by Crippen LogP contribution is 2.15. The second-order valence-electron chi connectivity index (χ2n) is 4.83. The van der Waals surface area contributed by atoms with Crippen LogP contribution in [0.4, 0.5) is 4.39 Å². The van der Waals surface area contributed by atoms with Crippen LogP contribution in [0.2, 0.25) is 0 Å². The molecule has 6 heteroatoms. The van der Waals surface area contributed by atoms with E-state index in [9.17, 15) is 14.0 Å². The molecule has 1 rings (SSSR count). The number of carbonyl (C=O) groups excluding carboxylic acids is 2. The van der Waals surface area contributed by atoms with Gasteiger partial charge in [0.1, 0.15) is 5.82 Å². The molecule has 20 heavy (non-hydrogen) atoms. The Morgan fingerprint density at radius 3 is 2.65 bits per heavy atom. The van der Waals surface area contributed by atoms with E-state index in [2.05, 4.69) is 26.6 Å². The third-order valence-electron chi connectivity index (χ3n) is 2.52. The van der Waals surface area contributed by atoms with Crippen molar-refractivity contribution in [1.29, 1.82) is 0 Å². The molecule has 0 heterocycles. The minimum atomic E-state index is -0.588. The molecule has 0 spiro atoms. The number of halogens is 2. The van der Waals surface area contributed by atoms with Gasteiger partial charge in [-0.2, -0.15) is 0 Å². The Kier molecular flexibility index (Phi) is 6.64. The quantitative estimate of drug-likeness (QED) is 0.832. The molecule has 2 amide bonds. The molecule has 0 aromatic heterocycles. The summed E-state index contributed by atoms with van der Waals surface area (Å²) in [7, 11) is 0. The molecule has 0 aliphatic rings. The van der Waals surface area contributed by atoms with Crippen LogP contribution in [0.1, 0.15) is 30.6 Å². The van der Waals surface area contributed by atoms with Crippen molar-refractivity contribution in [2.24, 2.45) is 5.92 Å². The Morgan fingerprint density at radius 1 is 1.30 bits per heavy atom. The van der Waals surface area contributed by atoms with Crippen LogP contribution < -0.4 is 10.6 Å². The molecule has 0 fully saturated rings. The fourth-order valence-electron chi connectivity index (χ4n) is 1.46. The molecule has 1 aromatic carbocycles. The SMILES string of the molecule is CC(C)CNC(=O)CCNC(=O)c1cc(Br)ccc1F. The largest absolute Gasteiger partial charge is 0.356 e. The number of carbonyl (C=O) groups is 2. The lowest BCUT2D eigenvalue weighted by atomic mass is 10.2. The first-order valence-corrected chi connectivity index (χ1v) is 7.19. The second kappa shape index (κ2) is 7.99. The summed E-state index contributed by atoms with van der Waals surface area (Å²) in [5, 5.41) is 5.27. The van der Waals surface area contributed by atoms with Crippen molar-refractivity contribution < 1.29 is 14.0 Å². The monoisotopic (exact) mass is 344 g/mol. The van der Waals surface area contributed by atoms with Crippen LogP contribution in [0.5, 0.6) is 0 Å². The third-order valence-corrected chi connectivity index (χ3v) is 3.01. The summed E-state index contributed by atoms with van der Waals surface area (Å²) in [6.07, 6.45) is 0.175. The Balaban J connectivity index is 2.40. The van der Waals surface area contributed by atoms with Crippen molar-refractivity contribution in [3.05, 3.63) is 34.1 Å². The molecular formula is C14H18BrFN2O2. The van der Waals surface area contributed by atoms with Gasteiger partial charge in [-0.25, -0.2) is 4.39 Å². The minimum absolute atomic E-state index is 0.0398. The summed E-state index contributed by atoms with van der Waals surface area (Å²) < 4.78 is 14.1. The van der Waals surface area contributed by atoms with Gasteiger partial charge in [-0.3, -0.25) is 9.59 Å². The van der Waals surface area contributed by atoms with Gasteiger partial charge in [-0.1, -0.05) is 29.8 Å². The number of nitrogens with one attached hydrogen (secondary N) is 2. The first kappa shape index (κ1) is 16.6. The number of rotatable bonds is 6. The fourth-order valence-corrected chi connectivity index (χ4v) is 1.82. The Bertz CT molecular complexity index is 492. The van der Waals surface area contributed by atoms with Crippen LogP contribution in [-0.2, 0) is 4.79 Å². The lowest BCUT2D eigenvalue weighted by molar-refractivity contribution is -0.121. The standard InChI is InChI=1S/C14H18BrFN2O2/c1-9(2)8-18-13(19)5-6-17-14(20)11-7-10(15)3-4-12(11)16/h3-4,7,9H,5-6,8H2,1-2H3,(H,17,20)(H,18,19). The highest BCUT2D eigenvalue weighted by Gasteiger charge is 2.12. The zero-order chi connectivity index (χ0) is 15.1. The van der Waals surface area contributed by atoms with Crippen molar-refractivity contribution in [2.75, 3.05) is 13.1 Å². The lowest BCUT2D eigenvalue weighted by Gasteiger charge is -2.09. The van der Waals surface area contributed by atoms with E-state index < -0.39 is 11.7 Å². The van der Waals surface area contributed by atoms with Crippen LogP contribution >= 0.6 is 15.9 Å². The zero-order valence-corrected chi connectivity index (χ0v) is 13.1. The molecule has 110 valence electrons. The Hall–Kier alpha value is -1.43. The number of hydrogen-bond donors (Lipinski definition) is 2. The highest BCUT2D eigenvalue weighted by atomic mass is 79.9. The molecule has 0 saturated heterocycles. The molecular weight excluding hydrogens is 327 g/mol. The van der Waals surface area contributed by atoms with Gasteiger partial charge in [0.15, 0.2) is 0 Å². The van der Waals surface area contributed by atoms with Gasteiger partial charge in [0.25, 0.3) is 5.91 Å². The molecule has 4 nitrogen and oxygen atoms in total. The van der Waals surface area contributed by atoms with Gasteiger partial charge < -0.3 is 10.6 Å². The van der Waals surface area contributed by atoms with E-state index in [1.54, 1.807) is 0 Å². The van der Waals surface area contributed by atoms with Gasteiger partial charge in [-0.15, -0.1) is 0 Å². The van der Waals surface area contributed by atoms with Crippen molar-refractivity contribution in [3.63, 3.8) is 0 Å². The van der Waals surface area contributed by atoms with Crippen molar-refractivity contribution in [2.45, 2.75) is 20.3 Å². The van der Waals surface area contributed by atoms with E-state index >= 15 is 0 Å². The summed E-state index contributed by atoms with van der Waals surface area (Å²) in [6.45, 7) is 4.78. The maximum Gasteiger partial charge on any atom is 0.254 e. The molecule has 0 radical (unpaired) electrons. The minimum Gasteiger partial charge on any atom is -0.356 e. The fraction of sp³-hybridized carbons (Fsp3) is 0.429. The van der Waals surface area contributed by atoms with E-state index in [0.29, 0.717) is 16.9 Å². The molecule has 0 saturated carbocycles. The summed E-state index contributed by atoms with van der Waals surface area (Å²) in [6, 6.07) is 4.14. The maximum atomic E-state index is 13.5. The molecule has 2 N–H and O–H groups in total. The smallest absolute Gasteiger partial charge is 0.254 e. The normalized spacial score (nSPS) is 10.4. The summed E-state index contributed by atoms with van der Waals surface area (Å²) in [5.74, 6) is -0.867. The first-order valence-electron chi connectivity index (χ1n) is 6.40. The van der Waals surface area contributed by atoms with Crippen LogP contribution in [0.25, 0.3) is 0 Å². The average molecular weight is 345 g/mol.